The van der Waals surface area contributed by atoms with Crippen LogP contribution < -0.4 is 0 Å². The zero-order chi connectivity index (χ0) is 30.2. The Balaban J connectivity index is 1.46. The Morgan fingerprint density at radius 1 is 0.878 bits per heavy atom. The predicted molar refractivity (Wildman–Crippen MR) is 175 cm³/mol. The lowest BCUT2D eigenvalue weighted by atomic mass is 9.81. The van der Waals surface area contributed by atoms with Crippen LogP contribution in [0.3, 0.4) is 0 Å². The van der Waals surface area contributed by atoms with Crippen LogP contribution in [0.1, 0.15) is 98.0 Å². The van der Waals surface area contributed by atoms with Crippen molar-refractivity contribution in [3.05, 3.63) is 47.5 Å². The quantitative estimate of drug-likeness (QED) is 0.170. The number of fused-ring (bicyclic) bond motifs is 1. The highest BCUT2D eigenvalue weighted by atomic mass is 28.4. The Morgan fingerprint density at radius 2 is 1.51 bits per heavy atom. The van der Waals surface area contributed by atoms with Gasteiger partial charge in [-0.3, -0.25) is 0 Å². The van der Waals surface area contributed by atoms with Crippen LogP contribution in [0.4, 0.5) is 0 Å². The third-order valence-corrected chi connectivity index (χ3v) is 20.4. The SMILES string of the molecule is CC(C)(C)[Si](C)(C)OC[C@H]1[C@H]2C/C(=C\C(=O)OC3CCCCC3c3ccccc3)C[C@H]2C[C@H]1O[Si](C)(C)C(C)(C)C. The third-order valence-electron chi connectivity index (χ3n) is 11.4. The minimum absolute atomic E-state index is 0.0236. The molecule has 6 atom stereocenters. The predicted octanol–water partition coefficient (Wildman–Crippen LogP) is 9.64. The molecule has 41 heavy (non-hydrogen) atoms. The van der Waals surface area contributed by atoms with Gasteiger partial charge >= 0.3 is 5.97 Å². The summed E-state index contributed by atoms with van der Waals surface area (Å²) in [5.41, 5.74) is 2.56. The van der Waals surface area contributed by atoms with Gasteiger partial charge in [0.15, 0.2) is 16.6 Å². The molecule has 0 bridgehead atoms. The van der Waals surface area contributed by atoms with Gasteiger partial charge in [-0.25, -0.2) is 4.79 Å². The van der Waals surface area contributed by atoms with Crippen molar-refractivity contribution in [3.8, 4) is 0 Å². The molecule has 3 aliphatic rings. The molecule has 1 aromatic carbocycles. The largest absolute Gasteiger partial charge is 0.459 e. The van der Waals surface area contributed by atoms with Crippen LogP contribution in [0.25, 0.3) is 0 Å². The summed E-state index contributed by atoms with van der Waals surface area (Å²) in [4.78, 5) is 13.2. The zero-order valence-electron chi connectivity index (χ0n) is 27.7. The van der Waals surface area contributed by atoms with Gasteiger partial charge in [-0.05, 0) is 92.2 Å². The molecule has 4 rings (SSSR count). The van der Waals surface area contributed by atoms with E-state index in [1.54, 1.807) is 0 Å². The van der Waals surface area contributed by atoms with Crippen molar-refractivity contribution in [2.75, 3.05) is 6.61 Å². The third kappa shape index (κ3) is 7.66. The number of benzene rings is 1. The van der Waals surface area contributed by atoms with Crippen molar-refractivity contribution < 1.29 is 18.4 Å². The molecular formula is C35H58O4Si2. The minimum Gasteiger partial charge on any atom is -0.459 e. The van der Waals surface area contributed by atoms with Crippen LogP contribution in [0, 0.1) is 17.8 Å². The van der Waals surface area contributed by atoms with E-state index in [0.29, 0.717) is 23.7 Å². The molecule has 0 aromatic heterocycles. The molecule has 3 aliphatic carbocycles. The van der Waals surface area contributed by atoms with Gasteiger partial charge in [0.05, 0.1) is 6.10 Å². The van der Waals surface area contributed by atoms with E-state index >= 15 is 0 Å². The van der Waals surface area contributed by atoms with Crippen molar-refractivity contribution in [1.82, 2.24) is 0 Å². The highest BCUT2D eigenvalue weighted by Gasteiger charge is 2.51. The van der Waals surface area contributed by atoms with Gasteiger partial charge in [-0.2, -0.15) is 0 Å². The highest BCUT2D eigenvalue weighted by Crippen LogP contribution is 2.53. The van der Waals surface area contributed by atoms with Crippen LogP contribution in [0.15, 0.2) is 42.0 Å². The standard InChI is InChI=1S/C35H58O4Si2/c1-34(2,3)40(7,8)37-24-30-29-21-25(20-27(29)23-32(30)39-41(9,10)35(4,5)6)22-33(36)38-31-19-15-14-18-28(31)26-16-12-11-13-17-26/h11-13,16-17,22,27-32H,14-15,18-21,23-24H2,1-10H3/b25-22-/t27-,28?,29-,30-,31?,32+/m0/s1. The lowest BCUT2D eigenvalue weighted by Gasteiger charge is -2.42. The van der Waals surface area contributed by atoms with Gasteiger partial charge in [0.2, 0.25) is 0 Å². The summed E-state index contributed by atoms with van der Waals surface area (Å²) < 4.78 is 20.1. The smallest absolute Gasteiger partial charge is 0.330 e. The molecule has 1 aromatic rings. The lowest BCUT2D eigenvalue weighted by Crippen LogP contribution is -2.47. The first kappa shape index (κ1) is 32.7. The zero-order valence-corrected chi connectivity index (χ0v) is 29.7. The van der Waals surface area contributed by atoms with Crippen LogP contribution >= 0.6 is 0 Å². The molecule has 0 amide bonds. The summed E-state index contributed by atoms with van der Waals surface area (Å²) in [5.74, 6) is 1.62. The van der Waals surface area contributed by atoms with E-state index in [2.05, 4.69) is 98.1 Å². The molecule has 0 radical (unpaired) electrons. The molecule has 4 nitrogen and oxygen atoms in total. The molecule has 0 aliphatic heterocycles. The van der Waals surface area contributed by atoms with Gasteiger partial charge < -0.3 is 13.6 Å². The number of carbonyl (C=O) groups is 1. The monoisotopic (exact) mass is 598 g/mol. The van der Waals surface area contributed by atoms with Gasteiger partial charge in [0, 0.05) is 24.5 Å². The van der Waals surface area contributed by atoms with E-state index in [4.69, 9.17) is 13.6 Å². The van der Waals surface area contributed by atoms with E-state index < -0.39 is 16.6 Å². The normalized spacial score (nSPS) is 30.4. The molecule has 6 heteroatoms. The van der Waals surface area contributed by atoms with Crippen molar-refractivity contribution in [2.24, 2.45) is 17.8 Å². The van der Waals surface area contributed by atoms with Crippen molar-refractivity contribution in [2.45, 2.75) is 141 Å². The fourth-order valence-corrected chi connectivity index (χ4v) is 9.20. The Hall–Kier alpha value is -1.22. The molecular weight excluding hydrogens is 541 g/mol. The van der Waals surface area contributed by atoms with Crippen LogP contribution in [-0.4, -0.2) is 41.4 Å². The topological polar surface area (TPSA) is 44.8 Å². The summed E-state index contributed by atoms with van der Waals surface area (Å²) >= 11 is 0. The van der Waals surface area contributed by atoms with Gasteiger partial charge in [-0.1, -0.05) is 83.9 Å². The summed E-state index contributed by atoms with van der Waals surface area (Å²) in [6.07, 6.45) is 9.49. The second-order valence-corrected chi connectivity index (χ2v) is 25.9. The Labute approximate surface area is 253 Å². The van der Waals surface area contributed by atoms with E-state index in [0.717, 1.165) is 45.1 Å². The highest BCUT2D eigenvalue weighted by molar-refractivity contribution is 6.74. The van der Waals surface area contributed by atoms with E-state index in [9.17, 15) is 4.79 Å². The van der Waals surface area contributed by atoms with Crippen LogP contribution in [0.2, 0.25) is 36.3 Å². The Bertz CT molecular complexity index is 1070. The number of hydrogen-bond donors (Lipinski definition) is 0. The Kier molecular flexibility index (Phi) is 9.90. The first-order chi connectivity index (χ1) is 19.0. The maximum Gasteiger partial charge on any atom is 0.330 e. The first-order valence-electron chi connectivity index (χ1n) is 16.3. The number of rotatable bonds is 8. The number of esters is 1. The number of allylic oxidation sites excluding steroid dienone is 1. The van der Waals surface area contributed by atoms with E-state index in [1.807, 2.05) is 6.08 Å². The van der Waals surface area contributed by atoms with E-state index in [1.165, 1.54) is 17.6 Å². The number of hydrogen-bond acceptors (Lipinski definition) is 4. The van der Waals surface area contributed by atoms with Gasteiger partial charge in [0.1, 0.15) is 6.10 Å². The molecule has 0 heterocycles. The van der Waals surface area contributed by atoms with Crippen molar-refractivity contribution in [3.63, 3.8) is 0 Å². The second kappa shape index (κ2) is 12.4. The van der Waals surface area contributed by atoms with Gasteiger partial charge in [-0.15, -0.1) is 0 Å². The minimum atomic E-state index is -1.91. The van der Waals surface area contributed by atoms with E-state index in [-0.39, 0.29) is 28.3 Å². The lowest BCUT2D eigenvalue weighted by molar-refractivity contribution is -0.145. The maximum absolute atomic E-state index is 13.2. The molecule has 2 unspecified atom stereocenters. The summed E-state index contributed by atoms with van der Waals surface area (Å²) in [7, 11) is -3.78. The fraction of sp³-hybridized carbons (Fsp3) is 0.743. The first-order valence-corrected chi connectivity index (χ1v) is 22.1. The number of ether oxygens (including phenoxy) is 1. The Morgan fingerprint density at radius 3 is 2.15 bits per heavy atom. The summed E-state index contributed by atoms with van der Waals surface area (Å²) in [6, 6.07) is 10.6. The number of carbonyl (C=O) groups excluding carboxylic acids is 1. The molecule has 0 N–H and O–H groups in total. The fourth-order valence-electron chi connectivity index (χ4n) is 6.78. The second-order valence-electron chi connectivity index (χ2n) is 16.3. The van der Waals surface area contributed by atoms with Crippen molar-refractivity contribution >= 4 is 22.6 Å². The van der Waals surface area contributed by atoms with Gasteiger partial charge in [0.25, 0.3) is 0 Å². The summed E-state index contributed by atoms with van der Waals surface area (Å²) in [5, 5.41) is 0.364. The molecule has 0 saturated heterocycles. The molecule has 0 spiro atoms. The average Bonchev–Trinajstić information content (AvgIpc) is 3.38. The average molecular weight is 599 g/mol. The molecule has 230 valence electrons. The molecule has 3 saturated carbocycles. The van der Waals surface area contributed by atoms with Crippen LogP contribution in [-0.2, 0) is 18.4 Å². The van der Waals surface area contributed by atoms with Crippen LogP contribution in [0.5, 0.6) is 0 Å². The summed E-state index contributed by atoms with van der Waals surface area (Å²) in [6.45, 7) is 24.2. The molecule has 3 fully saturated rings. The maximum atomic E-state index is 13.2. The van der Waals surface area contributed by atoms with Crippen molar-refractivity contribution in [1.29, 1.82) is 0 Å².